The van der Waals surface area contributed by atoms with Gasteiger partial charge in [-0.1, -0.05) is 18.7 Å². The Labute approximate surface area is 262 Å². The average Bonchev–Trinajstić information content (AvgIpc) is 3.82. The van der Waals surface area contributed by atoms with Gasteiger partial charge in [0.15, 0.2) is 0 Å². The van der Waals surface area contributed by atoms with Crippen LogP contribution in [0.4, 0.5) is 11.5 Å². The molecule has 2 atom stereocenters. The molecule has 1 unspecified atom stereocenters. The van der Waals surface area contributed by atoms with Gasteiger partial charge in [0, 0.05) is 61.8 Å². The first-order chi connectivity index (χ1) is 22.0. The van der Waals surface area contributed by atoms with E-state index in [1.165, 1.54) is 6.08 Å². The fraction of sp³-hybridized carbons (Fsp3) is 0.382. The monoisotopic (exact) mass is 606 g/mol. The van der Waals surface area contributed by atoms with E-state index in [2.05, 4.69) is 53.0 Å². The molecule has 232 valence electrons. The van der Waals surface area contributed by atoms with E-state index in [9.17, 15) is 9.59 Å². The summed E-state index contributed by atoms with van der Waals surface area (Å²) >= 11 is 0. The number of fused-ring (bicyclic) bond motifs is 1. The van der Waals surface area contributed by atoms with Gasteiger partial charge in [-0.15, -0.1) is 0 Å². The van der Waals surface area contributed by atoms with Gasteiger partial charge in [0.05, 0.1) is 12.0 Å². The lowest BCUT2D eigenvalue weighted by Gasteiger charge is -2.33. The standard InChI is InChI=1S/C34H38N8O3/c1-2-30(43)38-26-4-3-13-41(19-26)18-23-9-12-35-29(16-23)33(44)39-25-7-5-24(6-8-25)28-17-27-31(40-28)36-22-37-32(27)42-14-10-34(20-42)11-15-45-21-34/h2,5-9,12,16-17,22,26H,1,3-4,10-11,13-15,18-21H2,(H,38,43)(H,39,44)(H,36,37,40)/t26-,34?/m1/s1. The summed E-state index contributed by atoms with van der Waals surface area (Å²) in [6.45, 7) is 9.53. The van der Waals surface area contributed by atoms with E-state index in [0.717, 1.165) is 98.7 Å². The van der Waals surface area contributed by atoms with E-state index in [1.807, 2.05) is 36.4 Å². The van der Waals surface area contributed by atoms with Gasteiger partial charge in [-0.05, 0) is 79.8 Å². The molecule has 1 spiro atoms. The van der Waals surface area contributed by atoms with E-state index in [-0.39, 0.29) is 23.3 Å². The number of benzene rings is 1. The molecule has 0 bridgehead atoms. The van der Waals surface area contributed by atoms with Crippen LogP contribution in [0, 0.1) is 5.41 Å². The summed E-state index contributed by atoms with van der Waals surface area (Å²) in [5, 5.41) is 6.98. The molecule has 7 rings (SSSR count). The number of aromatic amines is 1. The lowest BCUT2D eigenvalue weighted by molar-refractivity contribution is -0.117. The van der Waals surface area contributed by atoms with E-state index < -0.39 is 0 Å². The van der Waals surface area contributed by atoms with Crippen molar-refractivity contribution in [2.24, 2.45) is 5.41 Å². The number of H-pyrrole nitrogens is 1. The van der Waals surface area contributed by atoms with Crippen molar-refractivity contribution in [3.05, 3.63) is 78.9 Å². The summed E-state index contributed by atoms with van der Waals surface area (Å²) < 4.78 is 5.71. The van der Waals surface area contributed by atoms with Crippen molar-refractivity contribution in [3.8, 4) is 11.3 Å². The average molecular weight is 607 g/mol. The summed E-state index contributed by atoms with van der Waals surface area (Å²) in [5.41, 5.74) is 5.04. The Kier molecular flexibility index (Phi) is 8.03. The topological polar surface area (TPSA) is 128 Å². The smallest absolute Gasteiger partial charge is 0.274 e. The maximum atomic E-state index is 13.1. The molecule has 4 aromatic rings. The molecule has 0 saturated carbocycles. The van der Waals surface area contributed by atoms with Crippen molar-refractivity contribution in [3.63, 3.8) is 0 Å². The lowest BCUT2D eigenvalue weighted by Crippen LogP contribution is -2.46. The molecule has 11 heteroatoms. The van der Waals surface area contributed by atoms with Crippen LogP contribution >= 0.6 is 0 Å². The molecule has 0 radical (unpaired) electrons. The van der Waals surface area contributed by atoms with Crippen LogP contribution in [0.2, 0.25) is 0 Å². The Hall–Kier alpha value is -4.61. The number of amides is 2. The number of anilines is 2. The number of aromatic nitrogens is 4. The predicted molar refractivity (Wildman–Crippen MR) is 173 cm³/mol. The van der Waals surface area contributed by atoms with Crippen molar-refractivity contribution < 1.29 is 14.3 Å². The summed E-state index contributed by atoms with van der Waals surface area (Å²) in [6, 6.07) is 13.7. The number of nitrogens with zero attached hydrogens (tertiary/aromatic N) is 5. The summed E-state index contributed by atoms with van der Waals surface area (Å²) in [4.78, 5) is 46.4. The van der Waals surface area contributed by atoms with Crippen LogP contribution in [0.1, 0.15) is 41.7 Å². The third kappa shape index (κ3) is 6.31. The van der Waals surface area contributed by atoms with Crippen molar-refractivity contribution in [1.82, 2.24) is 30.2 Å². The molecule has 6 heterocycles. The fourth-order valence-corrected chi connectivity index (χ4v) is 6.88. The van der Waals surface area contributed by atoms with Gasteiger partial charge in [-0.25, -0.2) is 9.97 Å². The minimum atomic E-state index is -0.263. The van der Waals surface area contributed by atoms with E-state index >= 15 is 0 Å². The van der Waals surface area contributed by atoms with Gasteiger partial charge in [0.2, 0.25) is 5.91 Å². The maximum absolute atomic E-state index is 13.1. The number of ether oxygens (including phenoxy) is 1. The quantitative estimate of drug-likeness (QED) is 0.255. The van der Waals surface area contributed by atoms with Crippen molar-refractivity contribution in [2.45, 2.75) is 38.3 Å². The third-order valence-electron chi connectivity index (χ3n) is 9.28. The van der Waals surface area contributed by atoms with Crippen LogP contribution in [0.3, 0.4) is 0 Å². The number of piperidine rings is 1. The molecule has 3 aliphatic heterocycles. The largest absolute Gasteiger partial charge is 0.381 e. The van der Waals surface area contributed by atoms with Gasteiger partial charge >= 0.3 is 0 Å². The number of hydrogen-bond acceptors (Lipinski definition) is 8. The second kappa shape index (κ2) is 12.4. The molecule has 0 aliphatic carbocycles. The van der Waals surface area contributed by atoms with Gasteiger partial charge in [-0.3, -0.25) is 19.5 Å². The number of likely N-dealkylation sites (tertiary alicyclic amines) is 1. The fourth-order valence-electron chi connectivity index (χ4n) is 6.88. The number of hydrogen-bond donors (Lipinski definition) is 3. The van der Waals surface area contributed by atoms with Crippen molar-refractivity contribution in [2.75, 3.05) is 49.6 Å². The highest BCUT2D eigenvalue weighted by molar-refractivity contribution is 6.03. The Balaban J connectivity index is 0.997. The van der Waals surface area contributed by atoms with Crippen LogP contribution in [-0.2, 0) is 16.1 Å². The Bertz CT molecular complexity index is 1710. The highest BCUT2D eigenvalue weighted by Crippen LogP contribution is 2.41. The normalized spacial score (nSPS) is 21.8. The molecule has 2 amide bonds. The second-order valence-corrected chi connectivity index (χ2v) is 12.5. The Morgan fingerprint density at radius 3 is 2.82 bits per heavy atom. The molecule has 45 heavy (non-hydrogen) atoms. The van der Waals surface area contributed by atoms with Crippen LogP contribution in [0.5, 0.6) is 0 Å². The molecule has 3 aromatic heterocycles. The van der Waals surface area contributed by atoms with Crippen LogP contribution < -0.4 is 15.5 Å². The molecule has 3 N–H and O–H groups in total. The first kappa shape index (κ1) is 29.1. The number of nitrogens with one attached hydrogen (secondary N) is 3. The summed E-state index contributed by atoms with van der Waals surface area (Å²) in [5.74, 6) is 0.554. The highest BCUT2D eigenvalue weighted by atomic mass is 16.5. The van der Waals surface area contributed by atoms with Crippen LogP contribution in [0.15, 0.2) is 67.6 Å². The minimum Gasteiger partial charge on any atom is -0.381 e. The summed E-state index contributed by atoms with van der Waals surface area (Å²) in [7, 11) is 0. The zero-order chi connectivity index (χ0) is 30.8. The zero-order valence-electron chi connectivity index (χ0n) is 25.3. The number of rotatable bonds is 8. The van der Waals surface area contributed by atoms with Gasteiger partial charge < -0.3 is 25.3 Å². The number of carbonyl (C=O) groups excluding carboxylic acids is 2. The van der Waals surface area contributed by atoms with E-state index in [0.29, 0.717) is 17.9 Å². The van der Waals surface area contributed by atoms with E-state index in [1.54, 1.807) is 12.5 Å². The molecular formula is C34H38N8O3. The van der Waals surface area contributed by atoms with Crippen molar-refractivity contribution in [1.29, 1.82) is 0 Å². The summed E-state index contributed by atoms with van der Waals surface area (Å²) in [6.07, 6.45) is 8.79. The van der Waals surface area contributed by atoms with Crippen LogP contribution in [0.25, 0.3) is 22.3 Å². The SMILES string of the molecule is C=CC(=O)N[C@@H]1CCCN(Cc2ccnc(C(=O)Nc3ccc(-c4cc5c(N6CCC7(CCOC7)C6)ncnc5[nH]4)cc3)c2)C1. The molecule has 3 aliphatic rings. The highest BCUT2D eigenvalue weighted by Gasteiger charge is 2.42. The predicted octanol–water partition coefficient (Wildman–Crippen LogP) is 4.16. The van der Waals surface area contributed by atoms with Gasteiger partial charge in [0.1, 0.15) is 23.5 Å². The Morgan fingerprint density at radius 1 is 1.11 bits per heavy atom. The molecular weight excluding hydrogens is 568 g/mol. The molecule has 1 aromatic carbocycles. The van der Waals surface area contributed by atoms with Gasteiger partial charge in [0.25, 0.3) is 5.91 Å². The first-order valence-corrected chi connectivity index (χ1v) is 15.7. The molecule has 3 saturated heterocycles. The first-order valence-electron chi connectivity index (χ1n) is 15.7. The zero-order valence-corrected chi connectivity index (χ0v) is 25.3. The third-order valence-corrected chi connectivity index (χ3v) is 9.28. The number of pyridine rings is 1. The Morgan fingerprint density at radius 2 is 2.00 bits per heavy atom. The minimum absolute atomic E-state index is 0.0981. The van der Waals surface area contributed by atoms with Crippen molar-refractivity contribution >= 4 is 34.4 Å². The maximum Gasteiger partial charge on any atom is 0.274 e. The lowest BCUT2D eigenvalue weighted by atomic mass is 9.87. The van der Waals surface area contributed by atoms with Crippen LogP contribution in [-0.4, -0.2) is 82.1 Å². The van der Waals surface area contributed by atoms with Gasteiger partial charge in [-0.2, -0.15) is 0 Å². The number of carbonyl (C=O) groups is 2. The van der Waals surface area contributed by atoms with E-state index in [4.69, 9.17) is 4.74 Å². The molecule has 3 fully saturated rings. The molecule has 11 nitrogen and oxygen atoms in total. The second-order valence-electron chi connectivity index (χ2n) is 12.5.